The monoisotopic (exact) mass is 504 g/mol. The van der Waals surface area contributed by atoms with Crippen molar-refractivity contribution in [3.05, 3.63) is 77.4 Å². The molecule has 1 saturated carbocycles. The number of carbonyl (C=O) groups excluding carboxylic acids is 2. The number of benzene rings is 2. The summed E-state index contributed by atoms with van der Waals surface area (Å²) in [5.41, 5.74) is 2.24. The molecule has 1 aliphatic heterocycles. The maximum atomic E-state index is 13.8. The molecular weight excluding hydrogens is 468 g/mol. The van der Waals surface area contributed by atoms with Crippen LogP contribution in [0.15, 0.2) is 66.2 Å². The van der Waals surface area contributed by atoms with E-state index < -0.39 is 24.2 Å². The Morgan fingerprint density at radius 3 is 2.49 bits per heavy atom. The van der Waals surface area contributed by atoms with Gasteiger partial charge < -0.3 is 25.2 Å². The lowest BCUT2D eigenvalue weighted by Gasteiger charge is -2.42. The fraction of sp³-hybridized carbons (Fsp3) is 0.467. The number of carbonyl (C=O) groups is 2. The molecular formula is C30H36N2O5. The van der Waals surface area contributed by atoms with E-state index in [9.17, 15) is 19.8 Å². The summed E-state index contributed by atoms with van der Waals surface area (Å²) in [6, 6.07) is 16.5. The molecule has 7 nitrogen and oxygen atoms in total. The predicted molar refractivity (Wildman–Crippen MR) is 140 cm³/mol. The van der Waals surface area contributed by atoms with Gasteiger partial charge in [0.05, 0.1) is 25.0 Å². The fourth-order valence-electron chi connectivity index (χ4n) is 6.10. The Bertz CT molecular complexity index is 1130. The Morgan fingerprint density at radius 2 is 1.73 bits per heavy atom. The second-order valence-corrected chi connectivity index (χ2v) is 10.4. The number of para-hydroxylation sites is 1. The summed E-state index contributed by atoms with van der Waals surface area (Å²) in [6.45, 7) is 0.497. The lowest BCUT2D eigenvalue weighted by molar-refractivity contribution is -0.137. The van der Waals surface area contributed by atoms with E-state index in [1.54, 1.807) is 11.0 Å². The van der Waals surface area contributed by atoms with E-state index in [0.29, 0.717) is 23.8 Å². The number of hydrogen-bond acceptors (Lipinski definition) is 5. The third-order valence-electron chi connectivity index (χ3n) is 7.94. The van der Waals surface area contributed by atoms with Crippen molar-refractivity contribution in [1.82, 2.24) is 10.2 Å². The molecule has 2 aliphatic carbocycles. The van der Waals surface area contributed by atoms with Gasteiger partial charge in [-0.05, 0) is 36.5 Å². The number of aliphatic hydroxyl groups excluding tert-OH is 2. The van der Waals surface area contributed by atoms with E-state index in [0.717, 1.165) is 36.8 Å². The molecule has 1 fully saturated rings. The molecule has 196 valence electrons. The number of rotatable bonds is 8. The second-order valence-electron chi connectivity index (χ2n) is 10.4. The highest BCUT2D eigenvalue weighted by Gasteiger charge is 2.50. The molecule has 7 heteroatoms. The molecule has 2 aromatic rings. The van der Waals surface area contributed by atoms with Gasteiger partial charge in [-0.2, -0.15) is 0 Å². The molecule has 0 aromatic heterocycles. The zero-order valence-electron chi connectivity index (χ0n) is 21.1. The van der Waals surface area contributed by atoms with Gasteiger partial charge in [-0.1, -0.05) is 67.8 Å². The normalized spacial score (nSPS) is 24.9. The van der Waals surface area contributed by atoms with Crippen LogP contribution < -0.4 is 10.1 Å². The Hall–Kier alpha value is -3.16. The Labute approximate surface area is 218 Å². The molecule has 0 radical (unpaired) electrons. The number of fused-ring (bicyclic) bond motifs is 3. The SMILES string of the molecule is O=C(NCCO)C1=C[C@@H](N(CC2CCCCC2)C(=O)Cc2ccccc2)[C@H](O)[C@H]2Oc3ccccc3[C@@H]12. The van der Waals surface area contributed by atoms with Crippen molar-refractivity contribution < 1.29 is 24.5 Å². The summed E-state index contributed by atoms with van der Waals surface area (Å²) in [5, 5.41) is 23.7. The van der Waals surface area contributed by atoms with Gasteiger partial charge in [0.25, 0.3) is 0 Å². The highest BCUT2D eigenvalue weighted by atomic mass is 16.5. The van der Waals surface area contributed by atoms with E-state index in [4.69, 9.17) is 4.74 Å². The topological polar surface area (TPSA) is 99.1 Å². The van der Waals surface area contributed by atoms with Crippen LogP contribution in [0.25, 0.3) is 0 Å². The van der Waals surface area contributed by atoms with E-state index in [2.05, 4.69) is 5.32 Å². The first-order valence-corrected chi connectivity index (χ1v) is 13.4. The highest BCUT2D eigenvalue weighted by molar-refractivity contribution is 5.96. The number of ether oxygens (including phenoxy) is 1. The van der Waals surface area contributed by atoms with Crippen molar-refractivity contribution in [2.24, 2.45) is 5.92 Å². The molecule has 0 bridgehead atoms. The first-order chi connectivity index (χ1) is 18.1. The van der Waals surface area contributed by atoms with Crippen LogP contribution >= 0.6 is 0 Å². The zero-order chi connectivity index (χ0) is 25.8. The largest absolute Gasteiger partial charge is 0.486 e. The molecule has 3 N–H and O–H groups in total. The Balaban J connectivity index is 1.51. The van der Waals surface area contributed by atoms with Crippen molar-refractivity contribution in [3.8, 4) is 5.75 Å². The van der Waals surface area contributed by atoms with Gasteiger partial charge in [0.15, 0.2) is 0 Å². The summed E-state index contributed by atoms with van der Waals surface area (Å²) in [7, 11) is 0. The number of nitrogens with one attached hydrogen (secondary N) is 1. The molecule has 5 rings (SSSR count). The molecule has 4 atom stereocenters. The fourth-order valence-corrected chi connectivity index (χ4v) is 6.10. The van der Waals surface area contributed by atoms with Crippen molar-refractivity contribution in [2.45, 2.75) is 62.7 Å². The smallest absolute Gasteiger partial charge is 0.247 e. The third kappa shape index (κ3) is 5.43. The molecule has 1 heterocycles. The maximum Gasteiger partial charge on any atom is 0.247 e. The number of nitrogens with zero attached hydrogens (tertiary/aromatic N) is 1. The second kappa shape index (κ2) is 11.5. The Kier molecular flexibility index (Phi) is 7.91. The highest BCUT2D eigenvalue weighted by Crippen LogP contribution is 2.47. The summed E-state index contributed by atoms with van der Waals surface area (Å²) >= 11 is 0. The standard InChI is InChI=1S/C30H36N2O5/c33-16-15-31-30(36)23-18-24(28(35)29-27(23)22-13-7-8-14-25(22)37-29)32(19-21-11-5-2-6-12-21)26(34)17-20-9-3-1-4-10-20/h1,3-4,7-10,13-14,18,21,24,27-29,33,35H,2,5-6,11-12,15-17,19H2,(H,31,36)/t24-,27+,28+,29+/m1/s1. The van der Waals surface area contributed by atoms with Crippen LogP contribution in [0.3, 0.4) is 0 Å². The molecule has 0 unspecified atom stereocenters. The predicted octanol–water partition coefficient (Wildman–Crippen LogP) is 2.96. The van der Waals surface area contributed by atoms with Gasteiger partial charge in [0.1, 0.15) is 18.0 Å². The van der Waals surface area contributed by atoms with Crippen molar-refractivity contribution in [3.63, 3.8) is 0 Å². The van der Waals surface area contributed by atoms with Crippen molar-refractivity contribution in [1.29, 1.82) is 0 Å². The first kappa shape index (κ1) is 25.5. The summed E-state index contributed by atoms with van der Waals surface area (Å²) in [4.78, 5) is 28.9. The van der Waals surface area contributed by atoms with Crippen molar-refractivity contribution in [2.75, 3.05) is 19.7 Å². The third-order valence-corrected chi connectivity index (χ3v) is 7.94. The van der Waals surface area contributed by atoms with Gasteiger partial charge >= 0.3 is 0 Å². The zero-order valence-corrected chi connectivity index (χ0v) is 21.1. The van der Waals surface area contributed by atoms with Gasteiger partial charge in [0, 0.05) is 24.2 Å². The molecule has 3 aliphatic rings. The van der Waals surface area contributed by atoms with Crippen LogP contribution in [-0.2, 0) is 16.0 Å². The average molecular weight is 505 g/mol. The lowest BCUT2D eigenvalue weighted by Crippen LogP contribution is -2.57. The maximum absolute atomic E-state index is 13.8. The minimum atomic E-state index is -0.991. The molecule has 2 aromatic carbocycles. The minimum Gasteiger partial charge on any atom is -0.486 e. The number of hydrogen-bond donors (Lipinski definition) is 3. The van der Waals surface area contributed by atoms with Crippen LogP contribution in [0.5, 0.6) is 5.75 Å². The molecule has 0 saturated heterocycles. The van der Waals surface area contributed by atoms with E-state index >= 15 is 0 Å². The van der Waals surface area contributed by atoms with Crippen LogP contribution in [0, 0.1) is 5.92 Å². The molecule has 37 heavy (non-hydrogen) atoms. The van der Waals surface area contributed by atoms with E-state index in [1.807, 2.05) is 54.6 Å². The van der Waals surface area contributed by atoms with Gasteiger partial charge in [-0.15, -0.1) is 0 Å². The number of amides is 2. The summed E-state index contributed by atoms with van der Waals surface area (Å²) in [6.07, 6.45) is 5.95. The average Bonchev–Trinajstić information content (AvgIpc) is 3.32. The molecule has 0 spiro atoms. The summed E-state index contributed by atoms with van der Waals surface area (Å²) < 4.78 is 6.22. The van der Waals surface area contributed by atoms with Crippen molar-refractivity contribution >= 4 is 11.8 Å². The van der Waals surface area contributed by atoms with E-state index in [-0.39, 0.29) is 31.4 Å². The quantitative estimate of drug-likeness (QED) is 0.514. The Morgan fingerprint density at radius 1 is 1.00 bits per heavy atom. The van der Waals surface area contributed by atoms with Crippen LogP contribution in [0.4, 0.5) is 0 Å². The van der Waals surface area contributed by atoms with E-state index in [1.165, 1.54) is 6.42 Å². The lowest BCUT2D eigenvalue weighted by atomic mass is 9.77. The summed E-state index contributed by atoms with van der Waals surface area (Å²) in [5.74, 6) is 0.185. The van der Waals surface area contributed by atoms with Gasteiger partial charge in [-0.25, -0.2) is 0 Å². The molecule has 2 amide bonds. The van der Waals surface area contributed by atoms with Gasteiger partial charge in [-0.3, -0.25) is 9.59 Å². The number of aliphatic hydroxyl groups is 2. The van der Waals surface area contributed by atoms with Gasteiger partial charge in [0.2, 0.25) is 11.8 Å². The van der Waals surface area contributed by atoms with Crippen LogP contribution in [0.1, 0.15) is 49.1 Å². The van der Waals surface area contributed by atoms with Crippen LogP contribution in [-0.4, -0.2) is 64.9 Å². The first-order valence-electron chi connectivity index (χ1n) is 13.4. The van der Waals surface area contributed by atoms with Crippen LogP contribution in [0.2, 0.25) is 0 Å². The minimum absolute atomic E-state index is 0.0684.